The number of rotatable bonds is 8. The van der Waals surface area contributed by atoms with Gasteiger partial charge in [-0.3, -0.25) is 4.99 Å². The van der Waals surface area contributed by atoms with E-state index in [0.717, 1.165) is 32.4 Å². The molecule has 1 fully saturated rings. The molecule has 2 heterocycles. The Balaban J connectivity index is 1.54. The zero-order valence-electron chi connectivity index (χ0n) is 17.1. The molecule has 1 aliphatic carbocycles. The highest BCUT2D eigenvalue weighted by Crippen LogP contribution is 2.42. The van der Waals surface area contributed by atoms with E-state index in [4.69, 9.17) is 9.47 Å². The first-order valence-electron chi connectivity index (χ1n) is 10.2. The molecule has 3 rings (SSSR count). The van der Waals surface area contributed by atoms with Crippen LogP contribution in [0.4, 0.5) is 0 Å². The average molecular weight is 392 g/mol. The van der Waals surface area contributed by atoms with Gasteiger partial charge in [0.05, 0.1) is 12.8 Å². The predicted octanol–water partition coefficient (Wildman–Crippen LogP) is 3.71. The Bertz CT molecular complexity index is 680. The number of esters is 1. The number of hydrogen-bond donors (Lipinski definition) is 0. The smallest absolute Gasteiger partial charge is 0.352 e. The van der Waals surface area contributed by atoms with E-state index >= 15 is 0 Å². The number of aliphatic imine (C=N–C) groups is 1. The summed E-state index contributed by atoms with van der Waals surface area (Å²) in [6.07, 6.45) is 7.28. The van der Waals surface area contributed by atoms with E-state index < -0.39 is 8.07 Å². The molecule has 0 saturated heterocycles. The van der Waals surface area contributed by atoms with Crippen molar-refractivity contribution >= 4 is 19.8 Å². The maximum Gasteiger partial charge on any atom is 0.352 e. The van der Waals surface area contributed by atoms with Crippen molar-refractivity contribution in [1.29, 1.82) is 0 Å². The fraction of sp³-hybridized carbons (Fsp3) is 0.750. The van der Waals surface area contributed by atoms with Gasteiger partial charge in [-0.1, -0.05) is 19.6 Å². The van der Waals surface area contributed by atoms with Crippen molar-refractivity contribution in [2.45, 2.75) is 64.5 Å². The first-order valence-corrected chi connectivity index (χ1v) is 13.9. The fourth-order valence-corrected chi connectivity index (χ4v) is 4.80. The molecule has 0 aromatic carbocycles. The lowest BCUT2D eigenvalue weighted by molar-refractivity contribution is -0.135. The third-order valence-corrected chi connectivity index (χ3v) is 7.37. The minimum absolute atomic E-state index is 0.225. The number of carbonyl (C=O) groups excluding carboxylic acids is 1. The van der Waals surface area contributed by atoms with E-state index in [1.165, 1.54) is 11.6 Å². The third kappa shape index (κ3) is 5.29. The molecule has 3 unspecified atom stereocenters. The SMILES string of the molecule is CCOC(=O)C1=NCC2CCC(c3cnn(COCC[Si](C)(C)C)c3)CC12. The third-order valence-electron chi connectivity index (χ3n) is 5.67. The van der Waals surface area contributed by atoms with Crippen molar-refractivity contribution < 1.29 is 14.3 Å². The molecule has 6 nitrogen and oxygen atoms in total. The summed E-state index contributed by atoms with van der Waals surface area (Å²) in [5.41, 5.74) is 1.91. The van der Waals surface area contributed by atoms with Crippen molar-refractivity contribution in [2.24, 2.45) is 16.8 Å². The van der Waals surface area contributed by atoms with E-state index in [2.05, 4.69) is 35.9 Å². The van der Waals surface area contributed by atoms with Gasteiger partial charge in [0.1, 0.15) is 12.4 Å². The number of carbonyl (C=O) groups is 1. The van der Waals surface area contributed by atoms with Gasteiger partial charge in [-0.2, -0.15) is 5.10 Å². The van der Waals surface area contributed by atoms with Gasteiger partial charge < -0.3 is 9.47 Å². The van der Waals surface area contributed by atoms with Crippen LogP contribution in [0.15, 0.2) is 17.4 Å². The van der Waals surface area contributed by atoms with Crippen molar-refractivity contribution in [3.63, 3.8) is 0 Å². The van der Waals surface area contributed by atoms with Crippen molar-refractivity contribution in [1.82, 2.24) is 9.78 Å². The average Bonchev–Trinajstić information content (AvgIpc) is 3.24. The molecule has 1 saturated carbocycles. The van der Waals surface area contributed by atoms with Crippen molar-refractivity contribution in [2.75, 3.05) is 19.8 Å². The summed E-state index contributed by atoms with van der Waals surface area (Å²) in [5, 5.41) is 4.48. The van der Waals surface area contributed by atoms with Gasteiger partial charge in [0.15, 0.2) is 0 Å². The highest BCUT2D eigenvalue weighted by molar-refractivity contribution is 6.76. The van der Waals surface area contributed by atoms with Crippen LogP contribution in [0.25, 0.3) is 0 Å². The second-order valence-corrected chi connectivity index (χ2v) is 14.6. The summed E-state index contributed by atoms with van der Waals surface area (Å²) in [6, 6.07) is 1.17. The molecule has 1 aromatic heterocycles. The molecular weight excluding hydrogens is 358 g/mol. The lowest BCUT2D eigenvalue weighted by Crippen LogP contribution is -2.31. The number of ether oxygens (including phenoxy) is 2. The second kappa shape index (κ2) is 8.69. The van der Waals surface area contributed by atoms with Gasteiger partial charge in [-0.25, -0.2) is 9.48 Å². The zero-order chi connectivity index (χ0) is 19.4. The largest absolute Gasteiger partial charge is 0.462 e. The van der Waals surface area contributed by atoms with Crippen LogP contribution in [-0.4, -0.2) is 49.3 Å². The van der Waals surface area contributed by atoms with Crippen LogP contribution in [-0.2, 0) is 21.0 Å². The van der Waals surface area contributed by atoms with E-state index in [-0.39, 0.29) is 11.9 Å². The van der Waals surface area contributed by atoms with E-state index in [9.17, 15) is 4.79 Å². The molecule has 27 heavy (non-hydrogen) atoms. The lowest BCUT2D eigenvalue weighted by Gasteiger charge is -2.31. The van der Waals surface area contributed by atoms with Crippen molar-refractivity contribution in [3.05, 3.63) is 18.0 Å². The normalized spacial score (nSPS) is 25.2. The molecule has 0 N–H and O–H groups in total. The second-order valence-electron chi connectivity index (χ2n) is 8.98. The molecule has 0 spiro atoms. The number of aromatic nitrogens is 2. The predicted molar refractivity (Wildman–Crippen MR) is 109 cm³/mol. The highest BCUT2D eigenvalue weighted by atomic mass is 28.3. The molecule has 0 bridgehead atoms. The Morgan fingerprint density at radius 2 is 2.15 bits per heavy atom. The lowest BCUT2D eigenvalue weighted by atomic mass is 9.72. The quantitative estimate of drug-likeness (QED) is 0.385. The maximum atomic E-state index is 12.2. The summed E-state index contributed by atoms with van der Waals surface area (Å²) in [7, 11) is -1.06. The van der Waals surface area contributed by atoms with Gasteiger partial charge in [-0.05, 0) is 49.6 Å². The summed E-state index contributed by atoms with van der Waals surface area (Å²) in [6.45, 7) is 11.4. The summed E-state index contributed by atoms with van der Waals surface area (Å²) in [5.74, 6) is 0.941. The Hall–Kier alpha value is -1.47. The van der Waals surface area contributed by atoms with Crippen LogP contribution >= 0.6 is 0 Å². The van der Waals surface area contributed by atoms with Crippen LogP contribution in [0.2, 0.25) is 25.7 Å². The summed E-state index contributed by atoms with van der Waals surface area (Å²) >= 11 is 0. The standard InChI is InChI=1S/C20H33N3O3Si/c1-5-26-20(24)19-18-10-15(6-7-16(18)11-21-19)17-12-22-23(13-17)14-25-8-9-27(2,3)4/h12-13,15-16,18H,5-11,14H2,1-4H3. The summed E-state index contributed by atoms with van der Waals surface area (Å²) < 4.78 is 12.9. The molecule has 0 amide bonds. The molecule has 150 valence electrons. The maximum absolute atomic E-state index is 12.2. The zero-order valence-corrected chi connectivity index (χ0v) is 18.1. The molecule has 3 atom stereocenters. The monoisotopic (exact) mass is 391 g/mol. The Morgan fingerprint density at radius 3 is 2.89 bits per heavy atom. The van der Waals surface area contributed by atoms with Crippen LogP contribution in [0.1, 0.15) is 37.7 Å². The van der Waals surface area contributed by atoms with Gasteiger partial charge in [0.25, 0.3) is 0 Å². The fourth-order valence-electron chi connectivity index (χ4n) is 4.04. The molecule has 0 radical (unpaired) electrons. The first kappa shape index (κ1) is 20.3. The van der Waals surface area contributed by atoms with Gasteiger partial charge in [0, 0.05) is 33.3 Å². The summed E-state index contributed by atoms with van der Waals surface area (Å²) in [4.78, 5) is 16.7. The topological polar surface area (TPSA) is 65.7 Å². The highest BCUT2D eigenvalue weighted by Gasteiger charge is 2.41. The molecule has 7 heteroatoms. The Morgan fingerprint density at radius 1 is 1.33 bits per heavy atom. The van der Waals surface area contributed by atoms with Crippen LogP contribution in [0.3, 0.4) is 0 Å². The van der Waals surface area contributed by atoms with E-state index in [0.29, 0.717) is 30.9 Å². The Labute approximate surface area is 163 Å². The molecular formula is C20H33N3O3Si. The first-order chi connectivity index (χ1) is 12.9. The van der Waals surface area contributed by atoms with Gasteiger partial charge >= 0.3 is 5.97 Å². The number of hydrogen-bond acceptors (Lipinski definition) is 5. The van der Waals surface area contributed by atoms with Gasteiger partial charge in [0.2, 0.25) is 0 Å². The van der Waals surface area contributed by atoms with E-state index in [1.54, 1.807) is 0 Å². The van der Waals surface area contributed by atoms with Crippen LogP contribution in [0, 0.1) is 11.8 Å². The van der Waals surface area contributed by atoms with E-state index in [1.807, 2.05) is 17.8 Å². The van der Waals surface area contributed by atoms with Crippen LogP contribution < -0.4 is 0 Å². The number of nitrogens with zero attached hydrogens (tertiary/aromatic N) is 3. The van der Waals surface area contributed by atoms with Crippen LogP contribution in [0.5, 0.6) is 0 Å². The molecule has 2 aliphatic rings. The minimum atomic E-state index is -1.06. The van der Waals surface area contributed by atoms with Crippen molar-refractivity contribution in [3.8, 4) is 0 Å². The molecule has 1 aromatic rings. The number of fused-ring (bicyclic) bond motifs is 1. The minimum Gasteiger partial charge on any atom is -0.462 e. The van der Waals surface area contributed by atoms with Gasteiger partial charge in [-0.15, -0.1) is 0 Å². The Kier molecular flexibility index (Phi) is 6.52. The molecule has 1 aliphatic heterocycles.